The molecule has 6 aliphatic rings. The number of imide groups is 2. The maximum absolute atomic E-state index is 15.5. The van der Waals surface area contributed by atoms with Crippen LogP contribution in [-0.2, 0) is 90.4 Å². The smallest absolute Gasteiger partial charge is 0.330 e. The number of carbonyl (C=O) groups excluding carboxylic acids is 10. The monoisotopic (exact) mass is 1640 g/mol. The van der Waals surface area contributed by atoms with Crippen LogP contribution >= 0.6 is 0 Å². The number of aliphatic hydroxyl groups excluding tert-OH is 1. The number of urea groups is 1. The highest BCUT2D eigenvalue weighted by Crippen LogP contribution is 2.45. The number of morpholine rings is 1. The molecular formula is C81H117N13O23. The molecule has 6 aliphatic heterocycles. The van der Waals surface area contributed by atoms with Gasteiger partial charge in [0.2, 0.25) is 23.6 Å². The number of esters is 1. The summed E-state index contributed by atoms with van der Waals surface area (Å²) < 4.78 is 65.9. The quantitative estimate of drug-likeness (QED) is 0.0204. The fraction of sp³-hybridized carbons (Fsp3) is 0.605. The maximum Gasteiger partial charge on any atom is 0.330 e. The number of amides is 10. The number of rotatable bonds is 55. The molecule has 0 aliphatic carbocycles. The van der Waals surface area contributed by atoms with Crippen LogP contribution in [-0.4, -0.2) is 334 Å². The highest BCUT2D eigenvalue weighted by atomic mass is 16.6. The summed E-state index contributed by atoms with van der Waals surface area (Å²) in [5, 5.41) is 19.6. The number of H-pyrrole nitrogens is 2. The van der Waals surface area contributed by atoms with Crippen LogP contribution in [0.25, 0.3) is 33.3 Å². The number of likely N-dealkylation sites (N-methyl/N-ethyl adjacent to an activating group) is 1. The SMILES string of the molecule is CCC1=C(C)c2cc3nc(cc4[nH]c(c5c6[nH]c(cc1n2)c(C)c6C(=O)N(CCN1CCOCC1)C5=O)[C@@H](CCC(=O)N(C)CCNC(=O)[C@H](CCCNC(N)=O)NC(=O)[C@H](C)NC(=O)CCOCCOCCOCCOCCOCCOCCOCCOCCN1C(=O)C=CC1=O)[C@@H]4C)C(C)=C3/C=C/C(=O)OCCOCCOCCO. The standard InChI is InChI=1S/C81H117N13O23/c1-8-58-53(2)63-51-67-59(12-16-72(100)117-49-48-116-37-34-109-31-26-95)54(3)62(87-67)50-64-55(4)60(75(88-64)74-76-73(56(5)65(89-76)52-66(58)86-63)79(103)94(80(74)104)22-21-92-23-28-107-29-24-92)11-13-69(97)91(7)20-19-83-78(102)61(10-9-18-84-81(82)105)90-77(101)57(6)85-68(96)17-27-106-32-35-110-38-40-112-42-44-114-46-47-115-45-43-113-41-39-111-36-33-108-30-25-93-70(98)14-15-71(93)99/h12,14-16,50-52,55,57,60-61,88-89,95H,8-11,13,17-49H2,1-7H3,(H,83,102)(H,85,96)(H,90,101)(H3,82,84,105)/b16-12+,64-50?,66-52?,67-51?,75-74?/t55-,57-,60-,61-/m0/s1. The lowest BCUT2D eigenvalue weighted by molar-refractivity contribution is -0.140. The molecule has 0 unspecified atom stereocenters. The van der Waals surface area contributed by atoms with Gasteiger partial charge in [0.25, 0.3) is 23.6 Å². The molecule has 2 aromatic rings. The van der Waals surface area contributed by atoms with Crippen molar-refractivity contribution < 1.29 is 110 Å². The van der Waals surface area contributed by atoms with E-state index in [0.717, 1.165) is 21.6 Å². The first kappa shape index (κ1) is 93.2. The first-order valence-electron chi connectivity index (χ1n) is 40.2. The van der Waals surface area contributed by atoms with Gasteiger partial charge in [-0.1, -0.05) is 13.8 Å². The normalized spacial score (nSPS) is 16.4. The van der Waals surface area contributed by atoms with Crippen LogP contribution in [0.1, 0.15) is 145 Å². The Hall–Kier alpha value is -9.28. The number of nitrogens with one attached hydrogen (secondary N) is 6. The van der Waals surface area contributed by atoms with Crippen LogP contribution in [0.5, 0.6) is 0 Å². The summed E-state index contributed by atoms with van der Waals surface area (Å²) in [5.41, 5.74) is 14.3. The molecule has 1 saturated heterocycles. The molecule has 1 fully saturated rings. The lowest BCUT2D eigenvalue weighted by Gasteiger charge is -2.31. The van der Waals surface area contributed by atoms with Crippen LogP contribution in [0.3, 0.4) is 0 Å². The summed E-state index contributed by atoms with van der Waals surface area (Å²) in [6.45, 7) is 20.4. The molecule has 36 heteroatoms. The number of ether oxygens (including phenoxy) is 12. The maximum atomic E-state index is 15.5. The minimum absolute atomic E-state index is 0.00658. The Bertz CT molecular complexity index is 4040. The van der Waals surface area contributed by atoms with Crippen LogP contribution in [0.15, 0.2) is 42.5 Å². The van der Waals surface area contributed by atoms with E-state index in [2.05, 4.69) is 36.1 Å². The van der Waals surface area contributed by atoms with E-state index < -0.39 is 59.5 Å². The summed E-state index contributed by atoms with van der Waals surface area (Å²) in [4.78, 5) is 157. The molecule has 0 aromatic carbocycles. The average molecular weight is 1640 g/mol. The summed E-state index contributed by atoms with van der Waals surface area (Å²) >= 11 is 0. The third-order valence-corrected chi connectivity index (χ3v) is 20.2. The number of aliphatic hydroxyl groups is 1. The van der Waals surface area contributed by atoms with Crippen molar-refractivity contribution >= 4 is 92.6 Å². The largest absolute Gasteiger partial charge is 0.460 e. The molecule has 36 nitrogen and oxygen atoms in total. The predicted octanol–water partition coefficient (Wildman–Crippen LogP) is 2.80. The van der Waals surface area contributed by atoms with Crippen molar-refractivity contribution in [3.8, 4) is 0 Å². The van der Waals surface area contributed by atoms with Gasteiger partial charge in [-0.05, 0) is 99.9 Å². The molecule has 8 bridgehead atoms. The molecular weight excluding hydrogens is 1520 g/mol. The van der Waals surface area contributed by atoms with Crippen LogP contribution < -0.4 is 27.0 Å². The number of nitrogens with zero attached hydrogens (tertiary/aromatic N) is 6. The molecule has 0 radical (unpaired) electrons. The van der Waals surface area contributed by atoms with Gasteiger partial charge in [0, 0.05) is 118 Å². The fourth-order valence-corrected chi connectivity index (χ4v) is 13.6. The lowest BCUT2D eigenvalue weighted by atomic mass is 9.84. The van der Waals surface area contributed by atoms with Crippen LogP contribution in [0.4, 0.5) is 4.79 Å². The number of aromatic nitrogens is 4. The molecule has 0 saturated carbocycles. The molecule has 10 amide bonds. The van der Waals surface area contributed by atoms with E-state index in [4.69, 9.17) is 77.7 Å². The molecule has 117 heavy (non-hydrogen) atoms. The first-order valence-corrected chi connectivity index (χ1v) is 40.2. The van der Waals surface area contributed by atoms with Crippen molar-refractivity contribution in [1.82, 2.24) is 60.8 Å². The highest BCUT2D eigenvalue weighted by Gasteiger charge is 2.41. The number of primary amides is 1. The zero-order valence-electron chi connectivity index (χ0n) is 68.4. The predicted molar refractivity (Wildman–Crippen MR) is 428 cm³/mol. The number of carbonyl (C=O) groups is 10. The van der Waals surface area contributed by atoms with Gasteiger partial charge >= 0.3 is 12.0 Å². The van der Waals surface area contributed by atoms with E-state index in [1.54, 1.807) is 13.1 Å². The highest BCUT2D eigenvalue weighted by molar-refractivity contribution is 6.23. The Labute approximate surface area is 681 Å². The zero-order valence-corrected chi connectivity index (χ0v) is 68.4. The second-order valence-corrected chi connectivity index (χ2v) is 28.3. The minimum Gasteiger partial charge on any atom is -0.460 e. The third kappa shape index (κ3) is 29.0. The van der Waals surface area contributed by atoms with E-state index in [9.17, 15) is 43.2 Å². The number of aryl methyl sites for hydroxylation is 1. The fourth-order valence-electron chi connectivity index (χ4n) is 13.6. The van der Waals surface area contributed by atoms with Crippen molar-refractivity contribution in [2.45, 2.75) is 104 Å². The molecule has 2 aromatic heterocycles. The van der Waals surface area contributed by atoms with E-state index in [1.807, 2.05) is 52.8 Å². The molecule has 9 N–H and O–H groups in total. The third-order valence-electron chi connectivity index (χ3n) is 20.2. The number of nitrogens with two attached hydrogens (primary N) is 1. The van der Waals surface area contributed by atoms with Gasteiger partial charge in [0.15, 0.2) is 0 Å². The van der Waals surface area contributed by atoms with Crippen molar-refractivity contribution in [2.75, 3.05) is 218 Å². The lowest BCUT2D eigenvalue weighted by Crippen LogP contribution is -2.53. The average Bonchev–Trinajstić information content (AvgIpc) is 1.58. The van der Waals surface area contributed by atoms with Gasteiger partial charge in [0.05, 0.1) is 198 Å². The van der Waals surface area contributed by atoms with Gasteiger partial charge in [-0.15, -0.1) is 0 Å². The molecule has 644 valence electrons. The molecule has 0 spiro atoms. The second-order valence-electron chi connectivity index (χ2n) is 28.3. The molecule has 8 rings (SSSR count). The van der Waals surface area contributed by atoms with Crippen molar-refractivity contribution in [2.24, 2.45) is 5.73 Å². The van der Waals surface area contributed by atoms with Gasteiger partial charge in [0.1, 0.15) is 18.7 Å². The Morgan fingerprint density at radius 2 is 1.21 bits per heavy atom. The van der Waals surface area contributed by atoms with E-state index in [1.165, 1.54) is 35.0 Å². The summed E-state index contributed by atoms with van der Waals surface area (Å²) in [6, 6.07) is 2.78. The van der Waals surface area contributed by atoms with Crippen molar-refractivity contribution in [3.63, 3.8) is 0 Å². The molecule has 8 heterocycles. The number of allylic oxidation sites excluding steroid dienone is 5. The van der Waals surface area contributed by atoms with Crippen LogP contribution in [0, 0.1) is 6.92 Å². The van der Waals surface area contributed by atoms with Crippen molar-refractivity contribution in [1.29, 1.82) is 0 Å². The first-order chi connectivity index (χ1) is 56.6. The number of fused-ring (bicyclic) bond motifs is 8. The van der Waals surface area contributed by atoms with Gasteiger partial charge < -0.3 is 104 Å². The van der Waals surface area contributed by atoms with Crippen molar-refractivity contribution in [3.05, 3.63) is 93.4 Å². The summed E-state index contributed by atoms with van der Waals surface area (Å²) in [5.74, 6) is -5.08. The Morgan fingerprint density at radius 1 is 0.641 bits per heavy atom. The number of hydrogen-bond acceptors (Lipinski definition) is 26. The van der Waals surface area contributed by atoms with E-state index in [-0.39, 0.29) is 160 Å². The van der Waals surface area contributed by atoms with Gasteiger partial charge in [-0.3, -0.25) is 53.1 Å². The number of hydrogen-bond donors (Lipinski definition) is 8. The second kappa shape index (κ2) is 49.8. The Morgan fingerprint density at radius 3 is 1.80 bits per heavy atom. The zero-order chi connectivity index (χ0) is 84.0. The number of aromatic amines is 2. The topological polar surface area (TPSA) is 446 Å². The van der Waals surface area contributed by atoms with E-state index in [0.29, 0.717) is 180 Å². The Kier molecular flexibility index (Phi) is 39.7. The van der Waals surface area contributed by atoms with Gasteiger partial charge in [-0.2, -0.15) is 0 Å². The molecule has 4 atom stereocenters. The summed E-state index contributed by atoms with van der Waals surface area (Å²) in [6.07, 6.45) is 6.57. The summed E-state index contributed by atoms with van der Waals surface area (Å²) in [7, 11) is 1.61. The van der Waals surface area contributed by atoms with Crippen LogP contribution in [0.2, 0.25) is 0 Å². The van der Waals surface area contributed by atoms with E-state index >= 15 is 4.79 Å². The Balaban J connectivity index is 0.813. The minimum atomic E-state index is -1.12. The van der Waals surface area contributed by atoms with Gasteiger partial charge in [-0.25, -0.2) is 19.6 Å².